The molecule has 0 radical (unpaired) electrons. The lowest BCUT2D eigenvalue weighted by Crippen LogP contribution is -2.30. The van der Waals surface area contributed by atoms with Crippen LogP contribution in [0.2, 0.25) is 0 Å². The van der Waals surface area contributed by atoms with Crippen LogP contribution in [0.25, 0.3) is 16.8 Å². The highest BCUT2D eigenvalue weighted by atomic mass is 16.5. The zero-order valence-corrected chi connectivity index (χ0v) is 18.2. The van der Waals surface area contributed by atoms with Gasteiger partial charge in [0, 0.05) is 36.5 Å². The molecule has 4 heterocycles. The minimum atomic E-state index is -0.349. The number of imidazole rings is 1. The van der Waals surface area contributed by atoms with Gasteiger partial charge in [-0.3, -0.25) is 10.3 Å². The first-order valence-electron chi connectivity index (χ1n) is 10.4. The Labute approximate surface area is 184 Å². The quantitative estimate of drug-likeness (QED) is 0.436. The van der Waals surface area contributed by atoms with Crippen molar-refractivity contribution >= 4 is 17.5 Å². The monoisotopic (exact) mass is 435 g/mol. The number of pyridine rings is 2. The third-order valence-corrected chi connectivity index (χ3v) is 4.62. The van der Waals surface area contributed by atoms with E-state index in [1.54, 1.807) is 23.4 Å². The molecule has 0 aliphatic heterocycles. The van der Waals surface area contributed by atoms with E-state index in [1.807, 2.05) is 49.6 Å². The highest BCUT2D eigenvalue weighted by Crippen LogP contribution is 2.23. The summed E-state index contributed by atoms with van der Waals surface area (Å²) in [6, 6.07) is 5.58. The lowest BCUT2D eigenvalue weighted by atomic mass is 10.1. The van der Waals surface area contributed by atoms with Crippen molar-refractivity contribution < 1.29 is 9.53 Å². The zero-order chi connectivity index (χ0) is 22.5. The van der Waals surface area contributed by atoms with Crippen molar-refractivity contribution in [2.75, 3.05) is 18.5 Å². The van der Waals surface area contributed by atoms with Crippen LogP contribution in [0.4, 0.5) is 10.6 Å². The first-order valence-corrected chi connectivity index (χ1v) is 10.4. The SMILES string of the molecule is CCOc1cncc(-c2ccc3nc(NC(=O)NCCc4nnn(C(C)C)n4)cn3c2)c1. The molecule has 0 aliphatic carbocycles. The van der Waals surface area contributed by atoms with E-state index in [0.29, 0.717) is 36.9 Å². The number of urea groups is 1. The topological polar surface area (TPSA) is 124 Å². The molecule has 11 nitrogen and oxygen atoms in total. The molecular weight excluding hydrogens is 410 g/mol. The Morgan fingerprint density at radius 3 is 2.84 bits per heavy atom. The summed E-state index contributed by atoms with van der Waals surface area (Å²) in [6.45, 7) is 6.85. The van der Waals surface area contributed by atoms with Gasteiger partial charge in [-0.15, -0.1) is 10.2 Å². The van der Waals surface area contributed by atoms with Crippen LogP contribution in [0, 0.1) is 0 Å². The summed E-state index contributed by atoms with van der Waals surface area (Å²) >= 11 is 0. The maximum Gasteiger partial charge on any atom is 0.320 e. The van der Waals surface area contributed by atoms with E-state index in [9.17, 15) is 4.79 Å². The van der Waals surface area contributed by atoms with Crippen LogP contribution >= 0.6 is 0 Å². The number of aromatic nitrogens is 7. The van der Waals surface area contributed by atoms with Crippen molar-refractivity contribution in [2.45, 2.75) is 33.2 Å². The second kappa shape index (κ2) is 9.41. The van der Waals surface area contributed by atoms with Crippen molar-refractivity contribution in [3.8, 4) is 16.9 Å². The minimum absolute atomic E-state index is 0.146. The molecule has 166 valence electrons. The first kappa shape index (κ1) is 21.2. The van der Waals surface area contributed by atoms with Crippen LogP contribution < -0.4 is 15.4 Å². The van der Waals surface area contributed by atoms with E-state index in [2.05, 4.69) is 36.0 Å². The molecule has 2 amide bonds. The smallest absolute Gasteiger partial charge is 0.320 e. The predicted octanol–water partition coefficient (Wildman–Crippen LogP) is 2.73. The van der Waals surface area contributed by atoms with Crippen LogP contribution in [-0.4, -0.2) is 53.8 Å². The molecule has 0 saturated carbocycles. The highest BCUT2D eigenvalue weighted by molar-refractivity contribution is 5.88. The lowest BCUT2D eigenvalue weighted by molar-refractivity contribution is 0.252. The molecule has 0 aromatic carbocycles. The Morgan fingerprint density at radius 2 is 2.06 bits per heavy atom. The molecule has 0 aliphatic rings. The van der Waals surface area contributed by atoms with Gasteiger partial charge in [-0.2, -0.15) is 4.80 Å². The van der Waals surface area contributed by atoms with Crippen LogP contribution in [-0.2, 0) is 6.42 Å². The molecule has 0 fully saturated rings. The summed E-state index contributed by atoms with van der Waals surface area (Å²) in [4.78, 5) is 22.4. The predicted molar refractivity (Wildman–Crippen MR) is 119 cm³/mol. The number of tetrazole rings is 1. The number of carbonyl (C=O) groups is 1. The third-order valence-electron chi connectivity index (χ3n) is 4.62. The number of hydrogen-bond donors (Lipinski definition) is 2. The second-order valence-corrected chi connectivity index (χ2v) is 7.40. The van der Waals surface area contributed by atoms with Gasteiger partial charge >= 0.3 is 6.03 Å². The number of fused-ring (bicyclic) bond motifs is 1. The summed E-state index contributed by atoms with van der Waals surface area (Å²) in [5.41, 5.74) is 2.61. The summed E-state index contributed by atoms with van der Waals surface area (Å²) in [7, 11) is 0. The molecular formula is C21H25N9O2. The van der Waals surface area contributed by atoms with Crippen molar-refractivity contribution in [2.24, 2.45) is 0 Å². The standard InChI is InChI=1S/C21H25N9O2/c1-4-32-17-9-16(10-22-11-17)15-5-6-20-24-19(13-29(20)12-15)25-21(31)23-8-7-18-26-28-30(27-18)14(2)3/h5-6,9-14H,4,7-8H2,1-3H3,(H2,23,25,31). The van der Waals surface area contributed by atoms with Gasteiger partial charge in [0.15, 0.2) is 11.6 Å². The molecule has 0 bridgehead atoms. The van der Waals surface area contributed by atoms with Crippen LogP contribution in [0.5, 0.6) is 5.75 Å². The number of carbonyl (C=O) groups excluding carboxylic acids is 1. The molecule has 11 heteroatoms. The van der Waals surface area contributed by atoms with Gasteiger partial charge in [0.1, 0.15) is 11.4 Å². The number of amides is 2. The van der Waals surface area contributed by atoms with Crippen LogP contribution in [0.1, 0.15) is 32.6 Å². The number of nitrogens with zero attached hydrogens (tertiary/aromatic N) is 7. The van der Waals surface area contributed by atoms with E-state index >= 15 is 0 Å². The third kappa shape index (κ3) is 4.99. The van der Waals surface area contributed by atoms with Gasteiger partial charge in [-0.05, 0) is 44.2 Å². The van der Waals surface area contributed by atoms with Crippen LogP contribution in [0.3, 0.4) is 0 Å². The Morgan fingerprint density at radius 1 is 1.19 bits per heavy atom. The maximum absolute atomic E-state index is 12.2. The number of hydrogen-bond acceptors (Lipinski definition) is 7. The molecule has 0 saturated heterocycles. The fourth-order valence-corrected chi connectivity index (χ4v) is 3.07. The summed E-state index contributed by atoms with van der Waals surface area (Å²) in [5.74, 6) is 1.75. The Hall–Kier alpha value is -4.02. The lowest BCUT2D eigenvalue weighted by Gasteiger charge is -2.06. The molecule has 4 aromatic heterocycles. The molecule has 0 spiro atoms. The van der Waals surface area contributed by atoms with Gasteiger partial charge < -0.3 is 14.5 Å². The van der Waals surface area contributed by atoms with E-state index in [1.165, 1.54) is 0 Å². The average Bonchev–Trinajstić information content (AvgIpc) is 3.40. The van der Waals surface area contributed by atoms with Gasteiger partial charge in [-0.25, -0.2) is 9.78 Å². The average molecular weight is 435 g/mol. The first-order chi connectivity index (χ1) is 15.5. The Bertz CT molecular complexity index is 1210. The summed E-state index contributed by atoms with van der Waals surface area (Å²) < 4.78 is 7.38. The van der Waals surface area contributed by atoms with E-state index in [-0.39, 0.29) is 12.1 Å². The van der Waals surface area contributed by atoms with E-state index in [0.717, 1.165) is 16.9 Å². The van der Waals surface area contributed by atoms with Gasteiger partial charge in [-0.1, -0.05) is 0 Å². The minimum Gasteiger partial charge on any atom is -0.492 e. The molecule has 4 rings (SSSR count). The van der Waals surface area contributed by atoms with Gasteiger partial charge in [0.05, 0.1) is 25.0 Å². The van der Waals surface area contributed by atoms with Crippen molar-refractivity contribution in [1.82, 2.24) is 39.9 Å². The molecule has 0 unspecified atom stereocenters. The van der Waals surface area contributed by atoms with E-state index in [4.69, 9.17) is 4.74 Å². The van der Waals surface area contributed by atoms with Crippen molar-refractivity contribution in [3.63, 3.8) is 0 Å². The summed E-state index contributed by atoms with van der Waals surface area (Å²) in [6.07, 6.45) is 7.65. The highest BCUT2D eigenvalue weighted by Gasteiger charge is 2.09. The number of ether oxygens (including phenoxy) is 1. The number of nitrogens with one attached hydrogen (secondary N) is 2. The van der Waals surface area contributed by atoms with Crippen molar-refractivity contribution in [3.05, 3.63) is 48.8 Å². The maximum atomic E-state index is 12.2. The molecule has 2 N–H and O–H groups in total. The van der Waals surface area contributed by atoms with Gasteiger partial charge in [0.2, 0.25) is 0 Å². The molecule has 0 atom stereocenters. The van der Waals surface area contributed by atoms with E-state index < -0.39 is 0 Å². The Balaban J connectivity index is 1.37. The fourth-order valence-electron chi connectivity index (χ4n) is 3.07. The normalized spacial score (nSPS) is 11.1. The van der Waals surface area contributed by atoms with Gasteiger partial charge in [0.25, 0.3) is 0 Å². The molecule has 32 heavy (non-hydrogen) atoms. The Kier molecular flexibility index (Phi) is 6.24. The fraction of sp³-hybridized carbons (Fsp3) is 0.333. The number of rotatable bonds is 8. The van der Waals surface area contributed by atoms with Crippen LogP contribution in [0.15, 0.2) is 43.0 Å². The number of anilines is 1. The zero-order valence-electron chi connectivity index (χ0n) is 18.2. The van der Waals surface area contributed by atoms with Crippen molar-refractivity contribution in [1.29, 1.82) is 0 Å². The summed E-state index contributed by atoms with van der Waals surface area (Å²) in [5, 5.41) is 17.7. The second-order valence-electron chi connectivity index (χ2n) is 7.40. The largest absolute Gasteiger partial charge is 0.492 e. The molecule has 4 aromatic rings.